The summed E-state index contributed by atoms with van der Waals surface area (Å²) in [5.41, 5.74) is 6.34. The summed E-state index contributed by atoms with van der Waals surface area (Å²) < 4.78 is 25.0. The molecular weight excluding hydrogens is 573 g/mol. The highest BCUT2D eigenvalue weighted by atomic mass is 19.1. The van der Waals surface area contributed by atoms with E-state index in [1.54, 1.807) is 9.13 Å². The molecule has 2 amide bonds. The number of methoxy groups -OCH3 is 1. The standard InChI is InChI=1S/C30H32FN7O6/c1-15-4-7-22-18(10-15)23(33-34-30(32)43)28(40)38(22)14-36-9-8-35(12-16(36)2)25-21(31)11-19-24(27(25)44-3)37(17-5-6-17)13-20(26(19)39)29(41)42/h4,7,10-11,13,16-17,40H,5-6,8-9,12,14H2,1-3H3,(H2,32,43)(H,41,42). The van der Waals surface area contributed by atoms with Gasteiger partial charge in [-0.1, -0.05) is 16.7 Å². The molecule has 14 heteroatoms. The summed E-state index contributed by atoms with van der Waals surface area (Å²) in [5, 5.41) is 28.6. The van der Waals surface area contributed by atoms with Crippen LogP contribution in [0, 0.1) is 12.7 Å². The van der Waals surface area contributed by atoms with E-state index in [2.05, 4.69) is 15.1 Å². The summed E-state index contributed by atoms with van der Waals surface area (Å²) in [5.74, 6) is -2.01. The number of primary amides is 1. The number of halogens is 1. The number of carbonyl (C=O) groups is 2. The Hall–Kier alpha value is -4.98. The fraction of sp³-hybridized carbons (Fsp3) is 0.367. The minimum atomic E-state index is -1.36. The molecule has 2 aliphatic rings. The second-order valence-electron chi connectivity index (χ2n) is 11.4. The largest absolute Gasteiger partial charge is 0.493 e. The minimum Gasteiger partial charge on any atom is -0.493 e. The summed E-state index contributed by atoms with van der Waals surface area (Å²) in [4.78, 5) is 40.1. The van der Waals surface area contributed by atoms with Gasteiger partial charge in [0.2, 0.25) is 11.3 Å². The number of nitrogens with zero attached hydrogens (tertiary/aromatic N) is 6. The van der Waals surface area contributed by atoms with Crippen LogP contribution in [0.15, 0.2) is 45.5 Å². The van der Waals surface area contributed by atoms with Gasteiger partial charge in [-0.15, -0.1) is 5.11 Å². The van der Waals surface area contributed by atoms with Crippen LogP contribution in [0.5, 0.6) is 11.6 Å². The molecule has 3 heterocycles. The fourth-order valence-electron chi connectivity index (χ4n) is 6.09. The van der Waals surface area contributed by atoms with Gasteiger partial charge in [0.25, 0.3) is 0 Å². The monoisotopic (exact) mass is 605 g/mol. The van der Waals surface area contributed by atoms with Gasteiger partial charge in [-0.05, 0) is 44.9 Å². The van der Waals surface area contributed by atoms with E-state index in [4.69, 9.17) is 10.5 Å². The summed E-state index contributed by atoms with van der Waals surface area (Å²) in [7, 11) is 1.42. The van der Waals surface area contributed by atoms with E-state index < -0.39 is 28.8 Å². The van der Waals surface area contributed by atoms with Crippen molar-refractivity contribution in [2.75, 3.05) is 31.6 Å². The van der Waals surface area contributed by atoms with Crippen LogP contribution in [-0.2, 0) is 6.67 Å². The molecule has 1 unspecified atom stereocenters. The number of aromatic nitrogens is 2. The number of ether oxygens (including phenoxy) is 1. The van der Waals surface area contributed by atoms with E-state index in [0.29, 0.717) is 36.1 Å². The Labute approximate surface area is 250 Å². The third-order valence-corrected chi connectivity index (χ3v) is 8.39. The maximum atomic E-state index is 15.9. The number of hydrogen-bond donors (Lipinski definition) is 3. The molecule has 13 nitrogen and oxygen atoms in total. The van der Waals surface area contributed by atoms with Gasteiger partial charge >= 0.3 is 12.0 Å². The zero-order chi connectivity index (χ0) is 31.4. The third kappa shape index (κ3) is 4.90. The van der Waals surface area contributed by atoms with Crippen LogP contribution in [0.4, 0.5) is 20.6 Å². The van der Waals surface area contributed by atoms with Crippen molar-refractivity contribution in [1.82, 2.24) is 14.0 Å². The predicted molar refractivity (Wildman–Crippen MR) is 161 cm³/mol. The van der Waals surface area contributed by atoms with Crippen molar-refractivity contribution < 1.29 is 28.9 Å². The first-order valence-corrected chi connectivity index (χ1v) is 14.2. The number of carboxylic acids is 1. The predicted octanol–water partition coefficient (Wildman–Crippen LogP) is 4.48. The highest BCUT2D eigenvalue weighted by Gasteiger charge is 2.34. The highest BCUT2D eigenvalue weighted by molar-refractivity contribution is 5.97. The first kappa shape index (κ1) is 29.1. The molecule has 2 fully saturated rings. The average molecular weight is 606 g/mol. The molecule has 1 atom stereocenters. The fourth-order valence-corrected chi connectivity index (χ4v) is 6.09. The number of aromatic hydroxyl groups is 1. The lowest BCUT2D eigenvalue weighted by Gasteiger charge is -2.41. The van der Waals surface area contributed by atoms with Gasteiger partial charge in [0.05, 0.1) is 30.2 Å². The number of pyridine rings is 1. The van der Waals surface area contributed by atoms with Gasteiger partial charge in [-0.25, -0.2) is 14.0 Å². The van der Waals surface area contributed by atoms with E-state index in [0.717, 1.165) is 24.5 Å². The Morgan fingerprint density at radius 1 is 1.18 bits per heavy atom. The molecular formula is C30H32FN7O6. The van der Waals surface area contributed by atoms with E-state index in [9.17, 15) is 24.6 Å². The van der Waals surface area contributed by atoms with Crippen molar-refractivity contribution in [2.24, 2.45) is 16.0 Å². The Balaban J connectivity index is 1.34. The molecule has 4 N–H and O–H groups in total. The number of piperazine rings is 1. The maximum Gasteiger partial charge on any atom is 0.356 e. The molecule has 4 aromatic rings. The molecule has 0 radical (unpaired) electrons. The van der Waals surface area contributed by atoms with Crippen LogP contribution < -0.4 is 20.8 Å². The van der Waals surface area contributed by atoms with Crippen molar-refractivity contribution in [2.45, 2.75) is 45.4 Å². The lowest BCUT2D eigenvalue weighted by Crippen LogP contribution is -2.52. The summed E-state index contributed by atoms with van der Waals surface area (Å²) in [6.07, 6.45) is 2.96. The number of carbonyl (C=O) groups excluding carboxylic acids is 1. The first-order valence-electron chi connectivity index (χ1n) is 14.2. The quantitative estimate of drug-likeness (QED) is 0.259. The number of nitrogens with two attached hydrogens (primary N) is 1. The van der Waals surface area contributed by atoms with E-state index in [-0.39, 0.29) is 47.1 Å². The van der Waals surface area contributed by atoms with Gasteiger partial charge in [-0.2, -0.15) is 0 Å². The topological polar surface area (TPSA) is 168 Å². The van der Waals surface area contributed by atoms with Gasteiger partial charge in [0.15, 0.2) is 17.3 Å². The number of urea groups is 1. The number of aromatic carboxylic acids is 1. The number of carboxylic acid groups (broad SMARTS) is 1. The zero-order valence-electron chi connectivity index (χ0n) is 24.5. The number of fused-ring (bicyclic) bond motifs is 2. The number of hydrogen-bond acceptors (Lipinski definition) is 8. The second kappa shape index (κ2) is 10.9. The van der Waals surface area contributed by atoms with Gasteiger partial charge in [-0.3, -0.25) is 14.3 Å². The van der Waals surface area contributed by atoms with Crippen LogP contribution in [0.1, 0.15) is 41.7 Å². The smallest absolute Gasteiger partial charge is 0.356 e. The third-order valence-electron chi connectivity index (χ3n) is 8.39. The molecule has 1 saturated carbocycles. The lowest BCUT2D eigenvalue weighted by atomic mass is 10.1. The van der Waals surface area contributed by atoms with E-state index in [1.807, 2.05) is 36.9 Å². The molecule has 1 aliphatic heterocycles. The number of amides is 2. The first-order chi connectivity index (χ1) is 21.0. The van der Waals surface area contributed by atoms with Crippen molar-refractivity contribution in [3.63, 3.8) is 0 Å². The van der Waals surface area contributed by atoms with Crippen LogP contribution in [0.25, 0.3) is 21.8 Å². The van der Waals surface area contributed by atoms with Crippen molar-refractivity contribution in [3.05, 3.63) is 57.6 Å². The van der Waals surface area contributed by atoms with Crippen LogP contribution in [0.3, 0.4) is 0 Å². The number of aryl methyl sites for hydroxylation is 1. The summed E-state index contributed by atoms with van der Waals surface area (Å²) in [6, 6.07) is 5.63. The Bertz CT molecular complexity index is 1930. The number of anilines is 1. The van der Waals surface area contributed by atoms with E-state index >= 15 is 4.39 Å². The van der Waals surface area contributed by atoms with Crippen LogP contribution >= 0.6 is 0 Å². The Morgan fingerprint density at radius 3 is 2.57 bits per heavy atom. The highest BCUT2D eigenvalue weighted by Crippen LogP contribution is 2.44. The minimum absolute atomic E-state index is 0.000519. The van der Waals surface area contributed by atoms with Crippen molar-refractivity contribution >= 4 is 45.2 Å². The number of azo groups is 1. The average Bonchev–Trinajstić information content (AvgIpc) is 3.78. The number of rotatable bonds is 7. The summed E-state index contributed by atoms with van der Waals surface area (Å²) in [6.45, 7) is 5.45. The molecule has 6 rings (SSSR count). The zero-order valence-corrected chi connectivity index (χ0v) is 24.5. The molecule has 230 valence electrons. The molecule has 44 heavy (non-hydrogen) atoms. The molecule has 2 aromatic carbocycles. The van der Waals surface area contributed by atoms with Gasteiger partial charge in [0.1, 0.15) is 11.3 Å². The molecule has 1 saturated heterocycles. The normalized spacial score (nSPS) is 17.6. The SMILES string of the molecule is COc1c(N2CCN(Cn3c(O)c(N=NC(N)=O)c4cc(C)ccc43)C(C)C2)c(F)cc2c(=O)c(C(=O)O)cn(C3CC3)c12. The van der Waals surface area contributed by atoms with Crippen molar-refractivity contribution in [3.8, 4) is 11.6 Å². The van der Waals surface area contributed by atoms with Crippen LogP contribution in [0.2, 0.25) is 0 Å². The Kier molecular flexibility index (Phi) is 7.24. The van der Waals surface area contributed by atoms with Gasteiger partial charge < -0.3 is 30.2 Å². The molecule has 1 aliphatic carbocycles. The van der Waals surface area contributed by atoms with Crippen molar-refractivity contribution in [1.29, 1.82) is 0 Å². The lowest BCUT2D eigenvalue weighted by molar-refractivity contribution is 0.0694. The second-order valence-corrected chi connectivity index (χ2v) is 11.4. The van der Waals surface area contributed by atoms with Crippen LogP contribution in [-0.4, -0.2) is 69.0 Å². The molecule has 0 bridgehead atoms. The maximum absolute atomic E-state index is 15.9. The molecule has 2 aromatic heterocycles. The molecule has 0 spiro atoms. The Morgan fingerprint density at radius 2 is 1.93 bits per heavy atom. The summed E-state index contributed by atoms with van der Waals surface area (Å²) >= 11 is 0. The van der Waals surface area contributed by atoms with E-state index in [1.165, 1.54) is 13.3 Å². The van der Waals surface area contributed by atoms with Gasteiger partial charge in [0, 0.05) is 43.3 Å². The number of benzene rings is 2.